The van der Waals surface area contributed by atoms with Crippen molar-refractivity contribution in [3.8, 4) is 11.3 Å². The van der Waals surface area contributed by atoms with Crippen LogP contribution in [-0.2, 0) is 0 Å². The van der Waals surface area contributed by atoms with E-state index in [2.05, 4.69) is 36.8 Å². The molecule has 5 heterocycles. The van der Waals surface area contributed by atoms with Gasteiger partial charge in [-0.3, -0.25) is 14.9 Å². The summed E-state index contributed by atoms with van der Waals surface area (Å²) in [7, 11) is 0. The lowest BCUT2D eigenvalue weighted by atomic mass is 9.93. The zero-order chi connectivity index (χ0) is 24.5. The van der Waals surface area contributed by atoms with Gasteiger partial charge in [-0.15, -0.1) is 0 Å². The second kappa shape index (κ2) is 9.73. The Morgan fingerprint density at radius 1 is 1.06 bits per heavy atom. The number of nitrogens with one attached hydrogen (secondary N) is 4. The van der Waals surface area contributed by atoms with Gasteiger partial charge in [-0.2, -0.15) is 10.1 Å². The molecule has 0 bridgehead atoms. The molecule has 2 saturated heterocycles. The SMILES string of the molecule is Cc1cc(C2CCN(c3nc(NC4CCCNC4)c(-c4ccc5ccccc5n4)c(=O)[nH]3)CC2)n[nH]1. The van der Waals surface area contributed by atoms with Crippen molar-refractivity contribution in [1.29, 1.82) is 0 Å². The summed E-state index contributed by atoms with van der Waals surface area (Å²) in [5.74, 6) is 1.65. The molecule has 2 aliphatic heterocycles. The number of anilines is 2. The van der Waals surface area contributed by atoms with Gasteiger partial charge >= 0.3 is 0 Å². The normalized spacial score (nSPS) is 19.0. The summed E-state index contributed by atoms with van der Waals surface area (Å²) in [6, 6.07) is 14.2. The lowest BCUT2D eigenvalue weighted by molar-refractivity contribution is 0.478. The van der Waals surface area contributed by atoms with Crippen LogP contribution in [0.1, 0.15) is 43.0 Å². The van der Waals surface area contributed by atoms with Crippen molar-refractivity contribution < 1.29 is 0 Å². The van der Waals surface area contributed by atoms with Crippen molar-refractivity contribution in [2.75, 3.05) is 36.4 Å². The Morgan fingerprint density at radius 3 is 2.69 bits per heavy atom. The van der Waals surface area contributed by atoms with E-state index >= 15 is 0 Å². The number of aromatic amines is 2. The number of aryl methyl sites for hydroxylation is 1. The number of hydrogen-bond acceptors (Lipinski definition) is 7. The Labute approximate surface area is 209 Å². The van der Waals surface area contributed by atoms with Crippen molar-refractivity contribution in [2.24, 2.45) is 0 Å². The summed E-state index contributed by atoms with van der Waals surface area (Å²) in [4.78, 5) is 28.6. The number of hydrogen-bond donors (Lipinski definition) is 4. The van der Waals surface area contributed by atoms with Crippen LogP contribution in [0.3, 0.4) is 0 Å². The number of piperidine rings is 2. The van der Waals surface area contributed by atoms with Gasteiger partial charge in [0.15, 0.2) is 0 Å². The van der Waals surface area contributed by atoms with E-state index in [-0.39, 0.29) is 11.6 Å². The minimum atomic E-state index is -0.168. The van der Waals surface area contributed by atoms with Crippen molar-refractivity contribution in [1.82, 2.24) is 30.5 Å². The van der Waals surface area contributed by atoms with E-state index in [1.807, 2.05) is 43.3 Å². The number of H-pyrrole nitrogens is 2. The van der Waals surface area contributed by atoms with Crippen molar-refractivity contribution >= 4 is 22.7 Å². The van der Waals surface area contributed by atoms with Crippen LogP contribution in [0.4, 0.5) is 11.8 Å². The van der Waals surface area contributed by atoms with Crippen LogP contribution in [0.5, 0.6) is 0 Å². The summed E-state index contributed by atoms with van der Waals surface area (Å²) in [6.45, 7) is 5.54. The number of benzene rings is 1. The monoisotopic (exact) mass is 484 g/mol. The fraction of sp³-hybridized carbons (Fsp3) is 0.407. The van der Waals surface area contributed by atoms with E-state index in [0.29, 0.717) is 28.9 Å². The first kappa shape index (κ1) is 22.7. The van der Waals surface area contributed by atoms with E-state index in [0.717, 1.165) is 74.2 Å². The van der Waals surface area contributed by atoms with Gasteiger partial charge in [0, 0.05) is 42.7 Å². The third kappa shape index (κ3) is 4.58. The summed E-state index contributed by atoms with van der Waals surface area (Å²) in [5.41, 5.74) is 4.03. The van der Waals surface area contributed by atoms with Crippen LogP contribution in [0, 0.1) is 6.92 Å². The predicted octanol–water partition coefficient (Wildman–Crippen LogP) is 3.56. The molecule has 9 nitrogen and oxygen atoms in total. The molecule has 9 heteroatoms. The van der Waals surface area contributed by atoms with Gasteiger partial charge in [0.05, 0.1) is 16.9 Å². The molecule has 4 aromatic rings. The van der Waals surface area contributed by atoms with Crippen LogP contribution in [0.15, 0.2) is 47.3 Å². The highest BCUT2D eigenvalue weighted by atomic mass is 16.1. The van der Waals surface area contributed by atoms with Crippen LogP contribution < -0.4 is 21.1 Å². The van der Waals surface area contributed by atoms with Gasteiger partial charge in [-0.05, 0) is 57.4 Å². The molecule has 0 spiro atoms. The van der Waals surface area contributed by atoms with Gasteiger partial charge in [0.2, 0.25) is 5.95 Å². The molecule has 1 atom stereocenters. The first-order chi connectivity index (χ1) is 17.6. The number of pyridine rings is 1. The number of rotatable bonds is 5. The average molecular weight is 485 g/mol. The first-order valence-electron chi connectivity index (χ1n) is 12.9. The molecule has 4 N–H and O–H groups in total. The largest absolute Gasteiger partial charge is 0.365 e. The van der Waals surface area contributed by atoms with E-state index < -0.39 is 0 Å². The molecule has 186 valence electrons. The molecule has 2 fully saturated rings. The number of para-hydroxylation sites is 1. The molecule has 2 aliphatic rings. The van der Waals surface area contributed by atoms with Crippen LogP contribution in [0.2, 0.25) is 0 Å². The lowest BCUT2D eigenvalue weighted by Crippen LogP contribution is -2.40. The Balaban J connectivity index is 1.32. The Kier molecular flexibility index (Phi) is 6.14. The molecule has 3 aromatic heterocycles. The molecule has 0 aliphatic carbocycles. The smallest absolute Gasteiger partial charge is 0.263 e. The predicted molar refractivity (Wildman–Crippen MR) is 143 cm³/mol. The summed E-state index contributed by atoms with van der Waals surface area (Å²) in [5, 5.41) is 15.6. The first-order valence-corrected chi connectivity index (χ1v) is 12.9. The third-order valence-corrected chi connectivity index (χ3v) is 7.34. The molecular weight excluding hydrogens is 452 g/mol. The molecule has 0 saturated carbocycles. The summed E-state index contributed by atoms with van der Waals surface area (Å²) >= 11 is 0. The zero-order valence-electron chi connectivity index (χ0n) is 20.6. The van der Waals surface area contributed by atoms with Gasteiger partial charge in [-0.25, -0.2) is 4.98 Å². The van der Waals surface area contributed by atoms with E-state index in [1.165, 1.54) is 0 Å². The topological polar surface area (TPSA) is 115 Å². The second-order valence-corrected chi connectivity index (χ2v) is 9.93. The molecule has 1 unspecified atom stereocenters. The second-order valence-electron chi connectivity index (χ2n) is 9.93. The molecule has 36 heavy (non-hydrogen) atoms. The fourth-order valence-corrected chi connectivity index (χ4v) is 5.36. The highest BCUT2D eigenvalue weighted by Gasteiger charge is 2.26. The fourth-order valence-electron chi connectivity index (χ4n) is 5.36. The number of aromatic nitrogens is 5. The van der Waals surface area contributed by atoms with E-state index in [9.17, 15) is 4.79 Å². The number of nitrogens with zero attached hydrogens (tertiary/aromatic N) is 4. The maximum atomic E-state index is 13.5. The highest BCUT2D eigenvalue weighted by Crippen LogP contribution is 2.30. The van der Waals surface area contributed by atoms with Crippen LogP contribution >= 0.6 is 0 Å². The average Bonchev–Trinajstić information content (AvgIpc) is 3.35. The number of fused-ring (bicyclic) bond motifs is 1. The van der Waals surface area contributed by atoms with Crippen LogP contribution in [-0.4, -0.2) is 57.4 Å². The summed E-state index contributed by atoms with van der Waals surface area (Å²) < 4.78 is 0. The third-order valence-electron chi connectivity index (χ3n) is 7.34. The van der Waals surface area contributed by atoms with Crippen molar-refractivity contribution in [3.63, 3.8) is 0 Å². The maximum Gasteiger partial charge on any atom is 0.263 e. The molecular formula is C27H32N8O. The van der Waals surface area contributed by atoms with Crippen molar-refractivity contribution in [3.05, 3.63) is 64.2 Å². The zero-order valence-corrected chi connectivity index (χ0v) is 20.6. The molecule has 6 rings (SSSR count). The minimum Gasteiger partial charge on any atom is -0.365 e. The van der Waals surface area contributed by atoms with E-state index in [1.54, 1.807) is 0 Å². The van der Waals surface area contributed by atoms with Gasteiger partial charge < -0.3 is 15.5 Å². The maximum absolute atomic E-state index is 13.5. The molecule has 0 radical (unpaired) electrons. The minimum absolute atomic E-state index is 0.168. The van der Waals surface area contributed by atoms with Crippen LogP contribution in [0.25, 0.3) is 22.2 Å². The quantitative estimate of drug-likeness (QED) is 0.342. The molecule has 0 amide bonds. The Bertz CT molecular complexity index is 1410. The van der Waals surface area contributed by atoms with Crippen molar-refractivity contribution in [2.45, 2.75) is 44.6 Å². The van der Waals surface area contributed by atoms with E-state index in [4.69, 9.17) is 9.97 Å². The Morgan fingerprint density at radius 2 is 1.92 bits per heavy atom. The van der Waals surface area contributed by atoms with Gasteiger partial charge in [-0.1, -0.05) is 24.3 Å². The summed E-state index contributed by atoms with van der Waals surface area (Å²) in [6.07, 6.45) is 4.07. The molecule has 1 aromatic carbocycles. The standard InChI is InChI=1S/C27H32N8O/c1-17-15-23(34-33-17)19-10-13-35(14-11-19)27-31-25(29-20-6-4-12-28-16-20)24(26(36)32-27)22-9-8-18-5-2-3-7-21(18)30-22/h2-3,5,7-9,15,19-20,28H,4,6,10-14,16H2,1H3,(H,33,34)(H2,29,31,32,36). The Hall–Kier alpha value is -3.72. The lowest BCUT2D eigenvalue weighted by Gasteiger charge is -2.32. The highest BCUT2D eigenvalue weighted by molar-refractivity contribution is 5.83. The van der Waals surface area contributed by atoms with Gasteiger partial charge in [0.1, 0.15) is 11.4 Å². The van der Waals surface area contributed by atoms with Gasteiger partial charge in [0.25, 0.3) is 5.56 Å².